The van der Waals surface area contributed by atoms with Crippen molar-refractivity contribution in [3.63, 3.8) is 0 Å². The van der Waals surface area contributed by atoms with Gasteiger partial charge < -0.3 is 10.8 Å². The fourth-order valence-electron chi connectivity index (χ4n) is 2.94. The Morgan fingerprint density at radius 1 is 1.33 bits per heavy atom. The van der Waals surface area contributed by atoms with Crippen LogP contribution in [0, 0.1) is 17.2 Å². The van der Waals surface area contributed by atoms with Crippen molar-refractivity contribution in [3.05, 3.63) is 53.7 Å². The van der Waals surface area contributed by atoms with Crippen molar-refractivity contribution in [2.45, 2.75) is 29.4 Å². The van der Waals surface area contributed by atoms with Gasteiger partial charge in [-0.3, -0.25) is 4.79 Å². The van der Waals surface area contributed by atoms with Crippen LogP contribution in [-0.2, 0) is 27.7 Å². The number of nitrogen functional groups attached to an aromatic ring is 1. The first-order valence-electron chi connectivity index (χ1n) is 9.18. The Balaban J connectivity index is 2.08. The zero-order chi connectivity index (χ0) is 22.3. The number of hydrogen-bond acceptors (Lipinski definition) is 7. The van der Waals surface area contributed by atoms with E-state index in [1.54, 1.807) is 36.5 Å². The minimum atomic E-state index is -3.76. The summed E-state index contributed by atoms with van der Waals surface area (Å²) in [6.45, 7) is -0.244. The number of aryl methyl sites for hydroxylation is 1. The summed E-state index contributed by atoms with van der Waals surface area (Å²) in [4.78, 5) is 15.8. The van der Waals surface area contributed by atoms with Gasteiger partial charge in [0.25, 0.3) is 0 Å². The van der Waals surface area contributed by atoms with Gasteiger partial charge in [0, 0.05) is 18.5 Å². The highest BCUT2D eigenvalue weighted by molar-refractivity contribution is 7.89. The van der Waals surface area contributed by atoms with Gasteiger partial charge in [0.15, 0.2) is 0 Å². The molecular weight excluding hydrogens is 424 g/mol. The second-order valence-corrected chi connectivity index (χ2v) is 9.62. The molecule has 1 heterocycles. The van der Waals surface area contributed by atoms with Gasteiger partial charge in [-0.1, -0.05) is 18.2 Å². The van der Waals surface area contributed by atoms with Gasteiger partial charge in [-0.05, 0) is 48.6 Å². The molecule has 0 saturated carbocycles. The van der Waals surface area contributed by atoms with Crippen LogP contribution in [0.25, 0.3) is 0 Å². The van der Waals surface area contributed by atoms with Crippen molar-refractivity contribution in [1.29, 1.82) is 5.26 Å². The SMILES string of the molecule is CN(CC#N)S(=O)(=O)c1cccc(CCC(S)C(Cc2ccc(N)nc2)C(=O)O)c1. The number of anilines is 1. The van der Waals surface area contributed by atoms with E-state index in [1.807, 2.05) is 6.07 Å². The van der Waals surface area contributed by atoms with E-state index < -0.39 is 27.2 Å². The maximum atomic E-state index is 12.5. The predicted octanol–water partition coefficient (Wildman–Crippen LogP) is 1.98. The van der Waals surface area contributed by atoms with E-state index in [0.29, 0.717) is 18.7 Å². The summed E-state index contributed by atoms with van der Waals surface area (Å²) in [5, 5.41) is 17.9. The quantitative estimate of drug-likeness (QED) is 0.373. The number of carboxylic acid groups (broad SMARTS) is 1. The topological polar surface area (TPSA) is 137 Å². The highest BCUT2D eigenvalue weighted by Crippen LogP contribution is 2.23. The Hall–Kier alpha value is -2.61. The van der Waals surface area contributed by atoms with Gasteiger partial charge >= 0.3 is 5.97 Å². The van der Waals surface area contributed by atoms with Crippen LogP contribution in [0.3, 0.4) is 0 Å². The number of nitriles is 1. The first kappa shape index (κ1) is 23.7. The van der Waals surface area contributed by atoms with Crippen LogP contribution in [0.5, 0.6) is 0 Å². The van der Waals surface area contributed by atoms with Crippen LogP contribution in [0.4, 0.5) is 5.82 Å². The van der Waals surface area contributed by atoms with Gasteiger partial charge in [0.05, 0.1) is 16.9 Å². The van der Waals surface area contributed by atoms with Gasteiger partial charge in [-0.2, -0.15) is 22.2 Å². The standard InChI is InChI=1S/C20H24N4O4S2/c1-24(10-9-21)30(27,28)16-4-2-3-14(11-16)5-7-18(29)17(20(25)26)12-15-6-8-19(22)23-13-15/h2-4,6,8,11,13,17-18,29H,5,7,10,12H2,1H3,(H2,22,23)(H,25,26). The lowest BCUT2D eigenvalue weighted by atomic mass is 9.93. The van der Waals surface area contributed by atoms with Crippen LogP contribution in [-0.4, -0.2) is 47.6 Å². The maximum Gasteiger partial charge on any atom is 0.307 e. The van der Waals surface area contributed by atoms with E-state index in [1.165, 1.54) is 13.1 Å². The Labute approximate surface area is 181 Å². The smallest absolute Gasteiger partial charge is 0.307 e. The van der Waals surface area contributed by atoms with Crippen molar-refractivity contribution >= 4 is 34.4 Å². The average Bonchev–Trinajstić information content (AvgIpc) is 2.71. The monoisotopic (exact) mass is 448 g/mol. The van der Waals surface area contributed by atoms with Gasteiger partial charge in [0.1, 0.15) is 12.4 Å². The third-order valence-electron chi connectivity index (χ3n) is 4.71. The summed E-state index contributed by atoms with van der Waals surface area (Å²) in [5.41, 5.74) is 7.07. The van der Waals surface area contributed by atoms with Gasteiger partial charge in [-0.25, -0.2) is 13.4 Å². The molecule has 10 heteroatoms. The molecular formula is C20H24N4O4S2. The molecule has 160 valence electrons. The number of rotatable bonds is 10. The third-order valence-corrected chi connectivity index (χ3v) is 7.13. The van der Waals surface area contributed by atoms with Crippen LogP contribution < -0.4 is 5.73 Å². The fraction of sp³-hybridized carbons (Fsp3) is 0.350. The van der Waals surface area contributed by atoms with Crippen molar-refractivity contribution in [3.8, 4) is 6.07 Å². The van der Waals surface area contributed by atoms with Gasteiger partial charge in [-0.15, -0.1) is 0 Å². The number of carbonyl (C=O) groups is 1. The molecule has 0 aliphatic carbocycles. The molecule has 0 aliphatic heterocycles. The molecule has 0 saturated heterocycles. The van der Waals surface area contributed by atoms with E-state index in [9.17, 15) is 18.3 Å². The van der Waals surface area contributed by atoms with Crippen molar-refractivity contribution in [2.75, 3.05) is 19.3 Å². The van der Waals surface area contributed by atoms with Crippen LogP contribution >= 0.6 is 12.6 Å². The predicted molar refractivity (Wildman–Crippen MR) is 116 cm³/mol. The molecule has 30 heavy (non-hydrogen) atoms. The molecule has 1 aromatic carbocycles. The first-order chi connectivity index (χ1) is 14.1. The van der Waals surface area contributed by atoms with Crippen molar-refractivity contribution in [2.24, 2.45) is 5.92 Å². The number of carboxylic acids is 1. The second-order valence-electron chi connectivity index (χ2n) is 6.91. The number of sulfonamides is 1. The number of aliphatic carboxylic acids is 1. The molecule has 0 fully saturated rings. The fourth-order valence-corrected chi connectivity index (χ4v) is 4.44. The minimum absolute atomic E-state index is 0.0937. The molecule has 1 aromatic heterocycles. The normalized spacial score (nSPS) is 13.5. The molecule has 0 amide bonds. The molecule has 2 aromatic rings. The summed E-state index contributed by atoms with van der Waals surface area (Å²) in [6.07, 6.45) is 2.73. The molecule has 0 bridgehead atoms. The second kappa shape index (κ2) is 10.4. The van der Waals surface area contributed by atoms with Crippen LogP contribution in [0.15, 0.2) is 47.5 Å². The number of benzene rings is 1. The average molecular weight is 449 g/mol. The summed E-state index contributed by atoms with van der Waals surface area (Å²) in [6, 6.07) is 11.6. The molecule has 0 spiro atoms. The molecule has 3 N–H and O–H groups in total. The largest absolute Gasteiger partial charge is 0.481 e. The van der Waals surface area contributed by atoms with E-state index in [2.05, 4.69) is 17.6 Å². The zero-order valence-electron chi connectivity index (χ0n) is 16.5. The Kier molecular flexibility index (Phi) is 8.23. The number of aromatic nitrogens is 1. The zero-order valence-corrected chi connectivity index (χ0v) is 18.2. The van der Waals surface area contributed by atoms with E-state index in [0.717, 1.165) is 15.4 Å². The number of nitrogens with zero attached hydrogens (tertiary/aromatic N) is 3. The summed E-state index contributed by atoms with van der Waals surface area (Å²) in [5.74, 6) is -1.32. The number of hydrogen-bond donors (Lipinski definition) is 3. The van der Waals surface area contributed by atoms with Crippen molar-refractivity contribution in [1.82, 2.24) is 9.29 Å². The van der Waals surface area contributed by atoms with Crippen LogP contribution in [0.1, 0.15) is 17.5 Å². The Bertz CT molecular complexity index is 1020. The molecule has 2 unspecified atom stereocenters. The molecule has 2 rings (SSSR count). The number of pyridine rings is 1. The molecule has 0 radical (unpaired) electrons. The first-order valence-corrected chi connectivity index (χ1v) is 11.1. The summed E-state index contributed by atoms with van der Waals surface area (Å²) in [7, 11) is -2.41. The lowest BCUT2D eigenvalue weighted by molar-refractivity contribution is -0.141. The van der Waals surface area contributed by atoms with E-state index >= 15 is 0 Å². The Morgan fingerprint density at radius 2 is 2.07 bits per heavy atom. The van der Waals surface area contributed by atoms with Gasteiger partial charge in [0.2, 0.25) is 10.0 Å². The maximum absolute atomic E-state index is 12.5. The summed E-state index contributed by atoms with van der Waals surface area (Å²) >= 11 is 4.50. The number of nitrogens with two attached hydrogens (primary N) is 1. The van der Waals surface area contributed by atoms with Crippen molar-refractivity contribution < 1.29 is 18.3 Å². The third kappa shape index (κ3) is 6.19. The highest BCUT2D eigenvalue weighted by Gasteiger charge is 2.26. The lowest BCUT2D eigenvalue weighted by Gasteiger charge is -2.20. The summed E-state index contributed by atoms with van der Waals surface area (Å²) < 4.78 is 26.0. The van der Waals surface area contributed by atoms with E-state index in [-0.39, 0.29) is 17.9 Å². The lowest BCUT2D eigenvalue weighted by Crippen LogP contribution is -2.27. The molecule has 0 aliphatic rings. The molecule has 8 nitrogen and oxygen atoms in total. The minimum Gasteiger partial charge on any atom is -0.481 e. The Morgan fingerprint density at radius 3 is 2.67 bits per heavy atom. The van der Waals surface area contributed by atoms with Crippen LogP contribution in [0.2, 0.25) is 0 Å². The number of thiol groups is 1. The van der Waals surface area contributed by atoms with E-state index in [4.69, 9.17) is 11.0 Å². The highest BCUT2D eigenvalue weighted by atomic mass is 32.2. The molecule has 2 atom stereocenters.